The normalized spacial score (nSPS) is 16.6. The predicted molar refractivity (Wildman–Crippen MR) is 78.8 cm³/mol. The smallest absolute Gasteiger partial charge is 0.233 e. The van der Waals surface area contributed by atoms with Gasteiger partial charge in [-0.15, -0.1) is 16.9 Å². The molecule has 0 saturated carbocycles. The van der Waals surface area contributed by atoms with E-state index < -0.39 is 6.67 Å². The fourth-order valence-electron chi connectivity index (χ4n) is 2.23. The zero-order chi connectivity index (χ0) is 14.7. The molecule has 1 atom stereocenters. The van der Waals surface area contributed by atoms with Crippen LogP contribution in [0.3, 0.4) is 0 Å². The highest BCUT2D eigenvalue weighted by atomic mass is 32.2. The van der Waals surface area contributed by atoms with Crippen LogP contribution in [0.1, 0.15) is 16.5 Å². The van der Waals surface area contributed by atoms with E-state index in [1.54, 1.807) is 18.9 Å². The van der Waals surface area contributed by atoms with Crippen LogP contribution in [-0.2, 0) is 6.42 Å². The fourth-order valence-corrected chi connectivity index (χ4v) is 3.53. The summed E-state index contributed by atoms with van der Waals surface area (Å²) in [7, 11) is 1.57. The molecule has 1 aromatic heterocycles. The summed E-state index contributed by atoms with van der Waals surface area (Å²) in [6.45, 7) is -0.384. The number of methoxy groups -OCH3 is 1. The molecule has 0 radical (unpaired) electrons. The first-order valence-corrected chi connectivity index (χ1v) is 7.54. The van der Waals surface area contributed by atoms with Crippen molar-refractivity contribution in [1.82, 2.24) is 10.2 Å². The lowest BCUT2D eigenvalue weighted by Gasteiger charge is -2.07. The lowest BCUT2D eigenvalue weighted by molar-refractivity contribution is 0.273. The third-order valence-electron chi connectivity index (χ3n) is 3.26. The Labute approximate surface area is 126 Å². The first-order chi connectivity index (χ1) is 10.3. The lowest BCUT2D eigenvalue weighted by atomic mass is 10.1. The van der Waals surface area contributed by atoms with Gasteiger partial charge in [0.1, 0.15) is 19.0 Å². The molecule has 0 aliphatic carbocycles. The van der Waals surface area contributed by atoms with Crippen LogP contribution in [0, 0.1) is 0 Å². The molecule has 2 aromatic rings. The second-order valence-corrected chi connectivity index (χ2v) is 5.86. The molecule has 0 fully saturated rings. The largest absolute Gasteiger partial charge is 0.491 e. The third kappa shape index (κ3) is 3.10. The van der Waals surface area contributed by atoms with Crippen LogP contribution in [0.2, 0.25) is 0 Å². The molecule has 21 heavy (non-hydrogen) atoms. The summed E-state index contributed by atoms with van der Waals surface area (Å²) in [4.78, 5) is 1.16. The number of aromatic nitrogens is 2. The van der Waals surface area contributed by atoms with Gasteiger partial charge in [-0.05, 0) is 30.2 Å². The highest BCUT2D eigenvalue weighted by Gasteiger charge is 2.25. The molecule has 0 bridgehead atoms. The van der Waals surface area contributed by atoms with Gasteiger partial charge in [0.05, 0.1) is 18.1 Å². The van der Waals surface area contributed by atoms with Gasteiger partial charge in [-0.3, -0.25) is 0 Å². The number of fused-ring (bicyclic) bond motifs is 1. The van der Waals surface area contributed by atoms with Crippen molar-refractivity contribution < 1.29 is 13.9 Å². The quantitative estimate of drug-likeness (QED) is 0.848. The highest BCUT2D eigenvalue weighted by Crippen LogP contribution is 2.46. The van der Waals surface area contributed by atoms with Crippen LogP contribution in [-0.4, -0.2) is 30.6 Å². The highest BCUT2D eigenvalue weighted by molar-refractivity contribution is 7.99. The molecule has 2 heterocycles. The van der Waals surface area contributed by atoms with Crippen molar-refractivity contribution in [2.24, 2.45) is 0 Å². The molecule has 0 spiro atoms. The van der Waals surface area contributed by atoms with Crippen LogP contribution in [0.15, 0.2) is 35.2 Å². The van der Waals surface area contributed by atoms with Gasteiger partial charge in [0.2, 0.25) is 5.88 Å². The van der Waals surface area contributed by atoms with Gasteiger partial charge >= 0.3 is 0 Å². The summed E-state index contributed by atoms with van der Waals surface area (Å²) in [5.74, 6) is 1.22. The fraction of sp³-hybridized carbons (Fsp3) is 0.333. The van der Waals surface area contributed by atoms with Gasteiger partial charge in [0.15, 0.2) is 0 Å². The maximum atomic E-state index is 12.1. The molecule has 1 unspecified atom stereocenters. The molecule has 1 aliphatic heterocycles. The van der Waals surface area contributed by atoms with Gasteiger partial charge in [-0.2, -0.15) is 5.10 Å². The number of ether oxygens (including phenoxy) is 2. The van der Waals surface area contributed by atoms with Crippen molar-refractivity contribution in [2.75, 3.05) is 20.4 Å². The van der Waals surface area contributed by atoms with E-state index in [0.29, 0.717) is 11.6 Å². The van der Waals surface area contributed by atoms with Crippen molar-refractivity contribution >= 4 is 11.8 Å². The van der Waals surface area contributed by atoms with Gasteiger partial charge in [0.25, 0.3) is 0 Å². The molecule has 0 N–H and O–H groups in total. The van der Waals surface area contributed by atoms with E-state index in [2.05, 4.69) is 10.2 Å². The topological polar surface area (TPSA) is 44.2 Å². The van der Waals surface area contributed by atoms with Gasteiger partial charge in [-0.25, -0.2) is 4.39 Å². The molecule has 3 rings (SSSR count). The van der Waals surface area contributed by atoms with E-state index in [0.717, 1.165) is 17.0 Å². The molecule has 4 nitrogen and oxygen atoms in total. The van der Waals surface area contributed by atoms with Crippen molar-refractivity contribution in [1.29, 1.82) is 0 Å². The van der Waals surface area contributed by atoms with E-state index in [1.807, 2.05) is 30.3 Å². The molecule has 110 valence electrons. The molecule has 0 saturated heterocycles. The second kappa shape index (κ2) is 6.30. The lowest BCUT2D eigenvalue weighted by Crippen LogP contribution is -1.99. The van der Waals surface area contributed by atoms with E-state index in [1.165, 1.54) is 5.56 Å². The SMILES string of the molecule is COc1ccc(C2Cc3ccc(OCCF)cc3S2)nn1. The number of hydrogen-bond donors (Lipinski definition) is 0. The summed E-state index contributed by atoms with van der Waals surface area (Å²) in [6, 6.07) is 9.65. The number of alkyl halides is 1. The molecule has 1 aromatic carbocycles. The van der Waals surface area contributed by atoms with E-state index in [4.69, 9.17) is 9.47 Å². The maximum absolute atomic E-state index is 12.1. The summed E-state index contributed by atoms with van der Waals surface area (Å²) in [6.07, 6.45) is 0.907. The number of nitrogens with zero attached hydrogens (tertiary/aromatic N) is 2. The van der Waals surface area contributed by atoms with Crippen molar-refractivity contribution in [2.45, 2.75) is 16.6 Å². The molecular weight excluding hydrogens is 291 g/mol. The number of hydrogen-bond acceptors (Lipinski definition) is 5. The number of benzene rings is 1. The Morgan fingerprint density at radius 1 is 1.29 bits per heavy atom. The zero-order valence-corrected chi connectivity index (χ0v) is 12.4. The Bertz CT molecular complexity index is 622. The summed E-state index contributed by atoms with van der Waals surface area (Å²) in [5, 5.41) is 8.47. The van der Waals surface area contributed by atoms with Gasteiger partial charge in [0, 0.05) is 11.0 Å². The summed E-state index contributed by atoms with van der Waals surface area (Å²) in [5.41, 5.74) is 2.19. The average molecular weight is 306 g/mol. The van der Waals surface area contributed by atoms with Crippen molar-refractivity contribution in [3.05, 3.63) is 41.6 Å². The van der Waals surface area contributed by atoms with Gasteiger partial charge in [-0.1, -0.05) is 6.07 Å². The first kappa shape index (κ1) is 14.1. The zero-order valence-electron chi connectivity index (χ0n) is 11.6. The Balaban J connectivity index is 1.74. The Morgan fingerprint density at radius 2 is 2.19 bits per heavy atom. The maximum Gasteiger partial charge on any atom is 0.233 e. The van der Waals surface area contributed by atoms with Crippen LogP contribution in [0.4, 0.5) is 4.39 Å². The minimum atomic E-state index is -0.478. The molecule has 0 amide bonds. The average Bonchev–Trinajstić information content (AvgIpc) is 2.96. The summed E-state index contributed by atoms with van der Waals surface area (Å²) >= 11 is 1.73. The Hall–Kier alpha value is -1.82. The minimum Gasteiger partial charge on any atom is -0.491 e. The van der Waals surface area contributed by atoms with E-state index in [-0.39, 0.29) is 11.9 Å². The Morgan fingerprint density at radius 3 is 2.90 bits per heavy atom. The van der Waals surface area contributed by atoms with Crippen LogP contribution in [0.25, 0.3) is 0 Å². The monoisotopic (exact) mass is 306 g/mol. The van der Waals surface area contributed by atoms with E-state index in [9.17, 15) is 4.39 Å². The predicted octanol–water partition coefficient (Wildman–Crippen LogP) is 3.22. The number of rotatable bonds is 5. The van der Waals surface area contributed by atoms with Crippen LogP contribution >= 0.6 is 11.8 Å². The number of halogens is 1. The van der Waals surface area contributed by atoms with Crippen molar-refractivity contribution in [3.63, 3.8) is 0 Å². The minimum absolute atomic E-state index is 0.0941. The molecule has 1 aliphatic rings. The second-order valence-electron chi connectivity index (χ2n) is 4.62. The van der Waals surface area contributed by atoms with Crippen molar-refractivity contribution in [3.8, 4) is 11.6 Å². The van der Waals surface area contributed by atoms with Crippen LogP contribution in [0.5, 0.6) is 11.6 Å². The molecule has 6 heteroatoms. The molecular formula is C15H15FN2O2S. The number of thioether (sulfide) groups is 1. The van der Waals surface area contributed by atoms with Gasteiger partial charge < -0.3 is 9.47 Å². The Kier molecular flexibility index (Phi) is 4.24. The summed E-state index contributed by atoms with van der Waals surface area (Å²) < 4.78 is 22.5. The van der Waals surface area contributed by atoms with E-state index >= 15 is 0 Å². The standard InChI is InChI=1S/C15H15FN2O2S/c1-19-15-5-4-12(17-18-15)14-8-10-2-3-11(20-7-6-16)9-13(10)21-14/h2-5,9,14H,6-8H2,1H3. The third-order valence-corrected chi connectivity index (χ3v) is 4.59. The van der Waals surface area contributed by atoms with Crippen LogP contribution < -0.4 is 9.47 Å². The first-order valence-electron chi connectivity index (χ1n) is 6.66.